The van der Waals surface area contributed by atoms with E-state index in [2.05, 4.69) is 31.2 Å². The van der Waals surface area contributed by atoms with Gasteiger partial charge in [-0.1, -0.05) is 0 Å². The number of nitrogens with zero attached hydrogens (tertiary/aromatic N) is 2. The number of hydrogen-bond donors (Lipinski definition) is 2. The highest BCUT2D eigenvalue weighted by atomic mass is 79.9. The molecule has 1 aliphatic heterocycles. The van der Waals surface area contributed by atoms with Crippen LogP contribution in [0.2, 0.25) is 0 Å². The summed E-state index contributed by atoms with van der Waals surface area (Å²) in [6, 6.07) is -0.0126. The molecule has 0 amide bonds. The molecular formula is C10H13BrN4O. The molecule has 1 aromatic rings. The predicted octanol–water partition coefficient (Wildman–Crippen LogP) is 0.856. The normalized spacial score (nSPS) is 25.3. The summed E-state index contributed by atoms with van der Waals surface area (Å²) in [6.45, 7) is 0.758. The van der Waals surface area contributed by atoms with Crippen molar-refractivity contribution < 1.29 is 4.79 Å². The molecule has 2 heterocycles. The topological polar surface area (TPSA) is 80.9 Å². The minimum Gasteiger partial charge on any atom is -0.381 e. The van der Waals surface area contributed by atoms with Crippen molar-refractivity contribution in [2.45, 2.75) is 24.8 Å². The van der Waals surface area contributed by atoms with E-state index in [0.29, 0.717) is 16.3 Å². The zero-order valence-electron chi connectivity index (χ0n) is 8.69. The van der Waals surface area contributed by atoms with Crippen LogP contribution in [0.1, 0.15) is 24.5 Å². The minimum absolute atomic E-state index is 0.0126. The van der Waals surface area contributed by atoms with E-state index in [4.69, 9.17) is 5.73 Å². The van der Waals surface area contributed by atoms with E-state index in [0.717, 1.165) is 31.4 Å². The number of rotatable bonds is 2. The van der Waals surface area contributed by atoms with Crippen molar-refractivity contribution in [3.8, 4) is 0 Å². The van der Waals surface area contributed by atoms with Crippen molar-refractivity contribution in [1.29, 1.82) is 0 Å². The third-order valence-electron chi connectivity index (χ3n) is 2.81. The lowest BCUT2D eigenvalue weighted by atomic mass is 9.93. The number of halogens is 1. The van der Waals surface area contributed by atoms with Crippen LogP contribution >= 0.6 is 15.9 Å². The van der Waals surface area contributed by atoms with Crippen LogP contribution in [0.5, 0.6) is 0 Å². The Morgan fingerprint density at radius 1 is 1.56 bits per heavy atom. The Labute approximate surface area is 102 Å². The largest absolute Gasteiger partial charge is 0.381 e. The smallest absolute Gasteiger partial charge is 0.156 e. The monoisotopic (exact) mass is 284 g/mol. The van der Waals surface area contributed by atoms with Crippen molar-refractivity contribution in [3.63, 3.8) is 0 Å². The Bertz CT molecular complexity index is 390. The van der Waals surface area contributed by atoms with Gasteiger partial charge in [0.1, 0.15) is 10.9 Å². The third-order valence-corrected chi connectivity index (χ3v) is 3.39. The van der Waals surface area contributed by atoms with Crippen LogP contribution in [0.4, 0.5) is 5.82 Å². The number of nitrogen functional groups attached to an aromatic ring is 1. The molecule has 1 aliphatic rings. The number of aromatic nitrogens is 2. The second-order valence-corrected chi connectivity index (χ2v) is 4.65. The summed E-state index contributed by atoms with van der Waals surface area (Å²) in [5.41, 5.74) is 6.49. The van der Waals surface area contributed by atoms with Crippen LogP contribution in [0, 0.1) is 0 Å². The molecule has 2 unspecified atom stereocenters. The molecule has 2 rings (SSSR count). The van der Waals surface area contributed by atoms with E-state index >= 15 is 0 Å². The summed E-state index contributed by atoms with van der Waals surface area (Å²) in [4.78, 5) is 19.0. The number of nitrogens with two attached hydrogens (primary N) is 1. The Hall–Kier alpha value is -1.01. The van der Waals surface area contributed by atoms with E-state index in [1.807, 2.05) is 0 Å². The lowest BCUT2D eigenvalue weighted by Gasteiger charge is -2.26. The first-order chi connectivity index (χ1) is 7.70. The zero-order valence-corrected chi connectivity index (χ0v) is 10.3. The van der Waals surface area contributed by atoms with Gasteiger partial charge in [-0.25, -0.2) is 9.97 Å². The molecule has 0 spiro atoms. The van der Waals surface area contributed by atoms with Gasteiger partial charge in [-0.3, -0.25) is 0 Å². The van der Waals surface area contributed by atoms with E-state index in [-0.39, 0.29) is 6.04 Å². The van der Waals surface area contributed by atoms with Crippen molar-refractivity contribution in [2.24, 2.45) is 0 Å². The summed E-state index contributed by atoms with van der Waals surface area (Å²) in [5.74, 6) is 0.707. The highest BCUT2D eigenvalue weighted by molar-refractivity contribution is 9.10. The fourth-order valence-electron chi connectivity index (χ4n) is 1.83. The van der Waals surface area contributed by atoms with Gasteiger partial charge in [0.15, 0.2) is 5.82 Å². The SMILES string of the molecule is Nc1ncc(C2CCC(C=O)NC2)nc1Br. The first-order valence-corrected chi connectivity index (χ1v) is 5.96. The Balaban J connectivity index is 2.08. The van der Waals surface area contributed by atoms with Gasteiger partial charge in [0, 0.05) is 12.5 Å². The summed E-state index contributed by atoms with van der Waals surface area (Å²) in [7, 11) is 0. The minimum atomic E-state index is -0.0126. The van der Waals surface area contributed by atoms with Crippen molar-refractivity contribution in [1.82, 2.24) is 15.3 Å². The Morgan fingerprint density at radius 2 is 2.38 bits per heavy atom. The molecule has 1 aromatic heterocycles. The van der Waals surface area contributed by atoms with Crippen LogP contribution in [0.15, 0.2) is 10.8 Å². The van der Waals surface area contributed by atoms with Gasteiger partial charge in [0.05, 0.1) is 17.9 Å². The number of carbonyl (C=O) groups excluding carboxylic acids is 1. The number of carbonyl (C=O) groups is 1. The molecule has 5 nitrogen and oxygen atoms in total. The average molecular weight is 285 g/mol. The van der Waals surface area contributed by atoms with Crippen LogP contribution in [0.25, 0.3) is 0 Å². The first kappa shape index (κ1) is 11.5. The third kappa shape index (κ3) is 2.38. The number of aldehydes is 1. The number of nitrogens with one attached hydrogen (secondary N) is 1. The van der Waals surface area contributed by atoms with Crippen LogP contribution < -0.4 is 11.1 Å². The Kier molecular flexibility index (Phi) is 3.50. The van der Waals surface area contributed by atoms with E-state index in [9.17, 15) is 4.79 Å². The molecule has 2 atom stereocenters. The fraction of sp³-hybridized carbons (Fsp3) is 0.500. The zero-order chi connectivity index (χ0) is 11.5. The molecule has 0 aromatic carbocycles. The van der Waals surface area contributed by atoms with Gasteiger partial charge in [0.25, 0.3) is 0 Å². The molecule has 86 valence electrons. The summed E-state index contributed by atoms with van der Waals surface area (Å²) >= 11 is 3.26. The van der Waals surface area contributed by atoms with Gasteiger partial charge >= 0.3 is 0 Å². The van der Waals surface area contributed by atoms with Crippen LogP contribution in [-0.2, 0) is 4.79 Å². The highest BCUT2D eigenvalue weighted by Crippen LogP contribution is 2.25. The van der Waals surface area contributed by atoms with Gasteiger partial charge in [-0.05, 0) is 28.8 Å². The summed E-state index contributed by atoms with van der Waals surface area (Å²) in [6.07, 6.45) is 4.45. The summed E-state index contributed by atoms with van der Waals surface area (Å²) < 4.78 is 0.586. The molecule has 1 saturated heterocycles. The maximum absolute atomic E-state index is 10.6. The standard InChI is InChI=1S/C10H13BrN4O/c11-9-10(12)14-4-8(15-9)6-1-2-7(5-16)13-3-6/h4-7,13H,1-3H2,(H2,12,14). The molecule has 3 N–H and O–H groups in total. The van der Waals surface area contributed by atoms with Crippen molar-refractivity contribution in [2.75, 3.05) is 12.3 Å². The molecular weight excluding hydrogens is 272 g/mol. The molecule has 1 fully saturated rings. The first-order valence-electron chi connectivity index (χ1n) is 5.17. The molecule has 16 heavy (non-hydrogen) atoms. The van der Waals surface area contributed by atoms with Crippen LogP contribution in [0.3, 0.4) is 0 Å². The van der Waals surface area contributed by atoms with Crippen molar-refractivity contribution >= 4 is 28.0 Å². The second kappa shape index (κ2) is 4.88. The average Bonchev–Trinajstić information content (AvgIpc) is 2.33. The van der Waals surface area contributed by atoms with Gasteiger partial charge < -0.3 is 15.8 Å². The lowest BCUT2D eigenvalue weighted by molar-refractivity contribution is -0.110. The fourth-order valence-corrected chi connectivity index (χ4v) is 2.14. The van der Waals surface area contributed by atoms with E-state index < -0.39 is 0 Å². The molecule has 0 aliphatic carbocycles. The quantitative estimate of drug-likeness (QED) is 0.788. The summed E-state index contributed by atoms with van der Waals surface area (Å²) in [5, 5.41) is 3.17. The molecule has 0 bridgehead atoms. The molecule has 0 saturated carbocycles. The van der Waals surface area contributed by atoms with E-state index in [1.54, 1.807) is 6.20 Å². The number of piperidine rings is 1. The maximum atomic E-state index is 10.6. The maximum Gasteiger partial charge on any atom is 0.156 e. The van der Waals surface area contributed by atoms with Gasteiger partial charge in [-0.15, -0.1) is 0 Å². The number of anilines is 1. The van der Waals surface area contributed by atoms with Crippen molar-refractivity contribution in [3.05, 3.63) is 16.5 Å². The highest BCUT2D eigenvalue weighted by Gasteiger charge is 2.22. The molecule has 0 radical (unpaired) electrons. The molecule has 6 heteroatoms. The lowest BCUT2D eigenvalue weighted by Crippen LogP contribution is -2.39. The van der Waals surface area contributed by atoms with Gasteiger partial charge in [0.2, 0.25) is 0 Å². The van der Waals surface area contributed by atoms with Gasteiger partial charge in [-0.2, -0.15) is 0 Å². The second-order valence-electron chi connectivity index (χ2n) is 3.90. The van der Waals surface area contributed by atoms with Crippen LogP contribution in [-0.4, -0.2) is 28.8 Å². The Morgan fingerprint density at radius 3 is 2.94 bits per heavy atom. The predicted molar refractivity (Wildman–Crippen MR) is 64.0 cm³/mol. The van der Waals surface area contributed by atoms with E-state index in [1.165, 1.54) is 0 Å². The number of hydrogen-bond acceptors (Lipinski definition) is 5.